The molecule has 0 aliphatic rings. The summed E-state index contributed by atoms with van der Waals surface area (Å²) in [5.74, 6) is 0.00277. The SMILES string of the molecule is CCOC(=O)[C@@](C)(O)[C@@H](Nc1ccc(OC)cc1)c1cccc(Cl)c1. The van der Waals surface area contributed by atoms with Gasteiger partial charge in [0.1, 0.15) is 5.75 Å². The molecule has 0 amide bonds. The Morgan fingerprint density at radius 1 is 1.28 bits per heavy atom. The second-order valence-corrected chi connectivity index (χ2v) is 6.17. The van der Waals surface area contributed by atoms with Gasteiger partial charge in [-0.3, -0.25) is 0 Å². The first-order chi connectivity index (χ1) is 11.9. The van der Waals surface area contributed by atoms with E-state index in [2.05, 4.69) is 5.32 Å². The summed E-state index contributed by atoms with van der Waals surface area (Å²) in [6.07, 6.45) is 0. The van der Waals surface area contributed by atoms with E-state index in [1.165, 1.54) is 6.92 Å². The first kappa shape index (κ1) is 19.1. The van der Waals surface area contributed by atoms with Crippen molar-refractivity contribution in [1.29, 1.82) is 0 Å². The quantitative estimate of drug-likeness (QED) is 0.732. The van der Waals surface area contributed by atoms with Crippen LogP contribution in [0.25, 0.3) is 0 Å². The first-order valence-corrected chi connectivity index (χ1v) is 8.32. The van der Waals surface area contributed by atoms with Crippen molar-refractivity contribution in [2.75, 3.05) is 19.0 Å². The van der Waals surface area contributed by atoms with Gasteiger partial charge in [0.05, 0.1) is 19.8 Å². The zero-order valence-corrected chi connectivity index (χ0v) is 15.2. The topological polar surface area (TPSA) is 67.8 Å². The van der Waals surface area contributed by atoms with Crippen LogP contribution in [0.1, 0.15) is 25.5 Å². The van der Waals surface area contributed by atoms with Crippen LogP contribution in [0.15, 0.2) is 48.5 Å². The lowest BCUT2D eigenvalue weighted by molar-refractivity contribution is -0.164. The number of carbonyl (C=O) groups is 1. The monoisotopic (exact) mass is 363 g/mol. The van der Waals surface area contributed by atoms with Gasteiger partial charge in [-0.05, 0) is 55.8 Å². The fraction of sp³-hybridized carbons (Fsp3) is 0.316. The van der Waals surface area contributed by atoms with E-state index in [1.54, 1.807) is 62.6 Å². The molecule has 134 valence electrons. The molecule has 0 aliphatic carbocycles. The van der Waals surface area contributed by atoms with Gasteiger partial charge < -0.3 is 19.9 Å². The number of anilines is 1. The van der Waals surface area contributed by atoms with Gasteiger partial charge in [0.2, 0.25) is 0 Å². The molecule has 2 atom stereocenters. The number of nitrogens with one attached hydrogen (secondary N) is 1. The summed E-state index contributed by atoms with van der Waals surface area (Å²) in [7, 11) is 1.59. The molecule has 0 saturated heterocycles. The Kier molecular flexibility index (Phi) is 6.28. The lowest BCUT2D eigenvalue weighted by Crippen LogP contribution is -2.46. The molecule has 0 aromatic heterocycles. The molecular weight excluding hydrogens is 342 g/mol. The first-order valence-electron chi connectivity index (χ1n) is 7.94. The third-order valence-corrected chi connectivity index (χ3v) is 4.07. The molecular formula is C19H22ClNO4. The molecule has 0 aliphatic heterocycles. The molecule has 6 heteroatoms. The van der Waals surface area contributed by atoms with Crippen LogP contribution in [0.5, 0.6) is 5.75 Å². The molecule has 2 rings (SSSR count). The highest BCUT2D eigenvalue weighted by molar-refractivity contribution is 6.30. The molecule has 0 heterocycles. The average molecular weight is 364 g/mol. The van der Waals surface area contributed by atoms with E-state index >= 15 is 0 Å². The summed E-state index contributed by atoms with van der Waals surface area (Å²) in [6.45, 7) is 3.30. The Morgan fingerprint density at radius 2 is 1.96 bits per heavy atom. The average Bonchev–Trinajstić information content (AvgIpc) is 2.60. The molecule has 2 aromatic carbocycles. The number of rotatable bonds is 7. The normalized spacial score (nSPS) is 14.3. The van der Waals surface area contributed by atoms with Crippen molar-refractivity contribution in [3.05, 3.63) is 59.1 Å². The van der Waals surface area contributed by atoms with Crippen LogP contribution in [0.4, 0.5) is 5.69 Å². The van der Waals surface area contributed by atoms with Gasteiger partial charge in [-0.2, -0.15) is 0 Å². The Hall–Kier alpha value is -2.24. The van der Waals surface area contributed by atoms with Crippen LogP contribution < -0.4 is 10.1 Å². The number of ether oxygens (including phenoxy) is 2. The Labute approximate surface area is 152 Å². The third-order valence-electron chi connectivity index (χ3n) is 3.83. The Morgan fingerprint density at radius 3 is 2.52 bits per heavy atom. The third kappa shape index (κ3) is 4.65. The number of benzene rings is 2. The number of aliphatic hydroxyl groups is 1. The summed E-state index contributed by atoms with van der Waals surface area (Å²) in [5.41, 5.74) is -0.405. The maximum atomic E-state index is 12.3. The molecule has 0 unspecified atom stereocenters. The van der Waals surface area contributed by atoms with Gasteiger partial charge in [-0.1, -0.05) is 23.7 Å². The molecule has 25 heavy (non-hydrogen) atoms. The molecule has 0 spiro atoms. The maximum absolute atomic E-state index is 12.3. The van der Waals surface area contributed by atoms with Crippen molar-refractivity contribution >= 4 is 23.3 Å². The predicted octanol–water partition coefficient (Wildman–Crippen LogP) is 3.82. The van der Waals surface area contributed by atoms with Crippen molar-refractivity contribution < 1.29 is 19.4 Å². The minimum atomic E-state index is -1.79. The lowest BCUT2D eigenvalue weighted by atomic mass is 9.89. The standard InChI is InChI=1S/C19H22ClNO4/c1-4-25-18(22)19(2,23)17(13-6-5-7-14(20)12-13)21-15-8-10-16(24-3)11-9-15/h5-12,17,21,23H,4H2,1-3H3/t17-,19-/m0/s1. The minimum absolute atomic E-state index is 0.180. The molecule has 0 fully saturated rings. The second kappa shape index (κ2) is 8.23. The molecule has 0 saturated carbocycles. The maximum Gasteiger partial charge on any atom is 0.340 e. The van der Waals surface area contributed by atoms with Crippen molar-refractivity contribution in [3.8, 4) is 5.75 Å². The van der Waals surface area contributed by atoms with E-state index in [-0.39, 0.29) is 6.61 Å². The van der Waals surface area contributed by atoms with Gasteiger partial charge in [-0.25, -0.2) is 4.79 Å². The van der Waals surface area contributed by atoms with Gasteiger partial charge >= 0.3 is 5.97 Å². The molecule has 0 radical (unpaired) electrons. The van der Waals surface area contributed by atoms with Crippen LogP contribution >= 0.6 is 11.6 Å². The smallest absolute Gasteiger partial charge is 0.340 e. The van der Waals surface area contributed by atoms with E-state index in [1.807, 2.05) is 0 Å². The number of carbonyl (C=O) groups excluding carboxylic acids is 1. The van der Waals surface area contributed by atoms with Crippen LogP contribution in [0.3, 0.4) is 0 Å². The summed E-state index contributed by atoms with van der Waals surface area (Å²) in [6, 6.07) is 13.4. The zero-order chi connectivity index (χ0) is 18.4. The zero-order valence-electron chi connectivity index (χ0n) is 14.5. The minimum Gasteiger partial charge on any atom is -0.497 e. The highest BCUT2D eigenvalue weighted by Gasteiger charge is 2.42. The molecule has 5 nitrogen and oxygen atoms in total. The van der Waals surface area contributed by atoms with E-state index in [4.69, 9.17) is 21.1 Å². The highest BCUT2D eigenvalue weighted by Crippen LogP contribution is 2.32. The number of hydrogen-bond donors (Lipinski definition) is 2. The van der Waals surface area contributed by atoms with Gasteiger partial charge in [0.15, 0.2) is 5.60 Å². The van der Waals surface area contributed by atoms with Crippen molar-refractivity contribution in [2.24, 2.45) is 0 Å². The Bertz CT molecular complexity index is 716. The largest absolute Gasteiger partial charge is 0.497 e. The molecule has 2 N–H and O–H groups in total. The number of methoxy groups -OCH3 is 1. The summed E-state index contributed by atoms with van der Waals surface area (Å²) in [5, 5.41) is 14.6. The summed E-state index contributed by atoms with van der Waals surface area (Å²) >= 11 is 6.08. The van der Waals surface area contributed by atoms with E-state index in [0.29, 0.717) is 16.3 Å². The van der Waals surface area contributed by atoms with Crippen LogP contribution in [0.2, 0.25) is 5.02 Å². The van der Waals surface area contributed by atoms with E-state index in [0.717, 1.165) is 5.69 Å². The predicted molar refractivity (Wildman–Crippen MR) is 98.1 cm³/mol. The van der Waals surface area contributed by atoms with Gasteiger partial charge in [-0.15, -0.1) is 0 Å². The summed E-state index contributed by atoms with van der Waals surface area (Å²) < 4.78 is 10.2. The number of hydrogen-bond acceptors (Lipinski definition) is 5. The summed E-state index contributed by atoms with van der Waals surface area (Å²) in [4.78, 5) is 12.3. The van der Waals surface area contributed by atoms with Crippen molar-refractivity contribution in [3.63, 3.8) is 0 Å². The van der Waals surface area contributed by atoms with Crippen molar-refractivity contribution in [1.82, 2.24) is 0 Å². The van der Waals surface area contributed by atoms with E-state index < -0.39 is 17.6 Å². The molecule has 0 bridgehead atoms. The van der Waals surface area contributed by atoms with Crippen molar-refractivity contribution in [2.45, 2.75) is 25.5 Å². The number of halogens is 1. The second-order valence-electron chi connectivity index (χ2n) is 5.73. The highest BCUT2D eigenvalue weighted by atomic mass is 35.5. The lowest BCUT2D eigenvalue weighted by Gasteiger charge is -2.32. The fourth-order valence-electron chi connectivity index (χ4n) is 2.48. The fourth-order valence-corrected chi connectivity index (χ4v) is 2.68. The van der Waals surface area contributed by atoms with Crippen LogP contribution in [-0.2, 0) is 9.53 Å². The number of esters is 1. The van der Waals surface area contributed by atoms with Gasteiger partial charge in [0, 0.05) is 10.7 Å². The van der Waals surface area contributed by atoms with Crippen LogP contribution in [-0.4, -0.2) is 30.4 Å². The van der Waals surface area contributed by atoms with E-state index in [9.17, 15) is 9.90 Å². The Balaban J connectivity index is 2.39. The van der Waals surface area contributed by atoms with Crippen LogP contribution in [0, 0.1) is 0 Å². The molecule has 2 aromatic rings. The van der Waals surface area contributed by atoms with Gasteiger partial charge in [0.25, 0.3) is 0 Å².